The summed E-state index contributed by atoms with van der Waals surface area (Å²) < 4.78 is 22.7. The highest BCUT2D eigenvalue weighted by atomic mass is 19.3. The van der Waals surface area contributed by atoms with Gasteiger partial charge in [-0.25, -0.2) is 13.6 Å². The Labute approximate surface area is 49.8 Å². The van der Waals surface area contributed by atoms with Crippen molar-refractivity contribution in [3.63, 3.8) is 0 Å². The lowest BCUT2D eigenvalue weighted by atomic mass is 10.4. The van der Waals surface area contributed by atoms with Crippen LogP contribution in [-0.2, 0) is 4.79 Å². The molecule has 0 saturated heterocycles. The molecule has 0 atom stereocenters. The Kier molecular flexibility index (Phi) is 2.63. The number of halogens is 2. The highest BCUT2D eigenvalue weighted by Gasteiger charge is 2.06. The third-order valence-corrected chi connectivity index (χ3v) is 0.542. The average molecular weight is 137 g/mol. The molecule has 0 bridgehead atoms. The topological polar surface area (TPSA) is 63.3 Å². The Morgan fingerprint density at radius 1 is 1.67 bits per heavy atom. The van der Waals surface area contributed by atoms with Crippen molar-refractivity contribution >= 4 is 5.97 Å². The molecule has 3 nitrogen and oxygen atoms in total. The van der Waals surface area contributed by atoms with E-state index in [1.165, 1.54) is 0 Å². The third-order valence-electron chi connectivity index (χ3n) is 0.542. The van der Waals surface area contributed by atoms with E-state index in [-0.39, 0.29) is 6.08 Å². The summed E-state index contributed by atoms with van der Waals surface area (Å²) >= 11 is 0. The van der Waals surface area contributed by atoms with Crippen molar-refractivity contribution in [3.8, 4) is 0 Å². The van der Waals surface area contributed by atoms with Crippen LogP contribution in [-0.4, -0.2) is 17.5 Å². The minimum atomic E-state index is -2.89. The Balaban J connectivity index is 4.00. The molecular weight excluding hydrogens is 132 g/mol. The maximum Gasteiger partial charge on any atom is 0.330 e. The van der Waals surface area contributed by atoms with Crippen LogP contribution in [0.4, 0.5) is 8.78 Å². The molecule has 0 amide bonds. The zero-order valence-electron chi connectivity index (χ0n) is 4.34. The fourth-order valence-corrected chi connectivity index (χ4v) is 0.206. The number of rotatable bonds is 2. The van der Waals surface area contributed by atoms with E-state index in [2.05, 4.69) is 5.73 Å². The van der Waals surface area contributed by atoms with Gasteiger partial charge in [0.05, 0.1) is 5.70 Å². The molecule has 0 aromatic heterocycles. The number of carboxylic acids is 1. The van der Waals surface area contributed by atoms with Gasteiger partial charge in [-0.2, -0.15) is 0 Å². The van der Waals surface area contributed by atoms with Crippen molar-refractivity contribution in [2.45, 2.75) is 6.43 Å². The predicted molar refractivity (Wildman–Crippen MR) is 25.9 cm³/mol. The molecule has 0 radical (unpaired) electrons. The number of allylic oxidation sites excluding steroid dienone is 1. The predicted octanol–water partition coefficient (Wildman–Crippen LogP) is 0.179. The smallest absolute Gasteiger partial charge is 0.330 e. The van der Waals surface area contributed by atoms with Crippen LogP contribution in [0.3, 0.4) is 0 Å². The SMILES string of the molecule is NC(=CC(=O)O)C(F)F. The summed E-state index contributed by atoms with van der Waals surface area (Å²) in [6.45, 7) is 0. The standard InChI is InChI=1S/C4H5F2NO2/c5-4(6)2(7)1-3(8)9/h1,4H,7H2,(H,8,9). The van der Waals surface area contributed by atoms with E-state index in [0.29, 0.717) is 0 Å². The molecule has 0 spiro atoms. The van der Waals surface area contributed by atoms with Gasteiger partial charge in [0.25, 0.3) is 6.43 Å². The van der Waals surface area contributed by atoms with Crippen molar-refractivity contribution in [1.82, 2.24) is 0 Å². The molecule has 9 heavy (non-hydrogen) atoms. The van der Waals surface area contributed by atoms with Crippen LogP contribution in [0.1, 0.15) is 0 Å². The van der Waals surface area contributed by atoms with Gasteiger partial charge >= 0.3 is 5.97 Å². The highest BCUT2D eigenvalue weighted by molar-refractivity contribution is 5.80. The molecule has 0 saturated carbocycles. The van der Waals surface area contributed by atoms with Crippen LogP contribution in [0, 0.1) is 0 Å². The van der Waals surface area contributed by atoms with E-state index >= 15 is 0 Å². The van der Waals surface area contributed by atoms with Gasteiger partial charge in [-0.1, -0.05) is 0 Å². The summed E-state index contributed by atoms with van der Waals surface area (Å²) in [5.41, 5.74) is 3.62. The molecule has 0 aliphatic rings. The Hall–Kier alpha value is -1.13. The minimum Gasteiger partial charge on any atom is -0.478 e. The zero-order chi connectivity index (χ0) is 7.44. The molecule has 0 unspecified atom stereocenters. The monoisotopic (exact) mass is 137 g/mol. The number of nitrogens with two attached hydrogens (primary N) is 1. The fourth-order valence-electron chi connectivity index (χ4n) is 0.206. The first kappa shape index (κ1) is 7.87. The summed E-state index contributed by atoms with van der Waals surface area (Å²) in [7, 11) is 0. The average Bonchev–Trinajstić information content (AvgIpc) is 1.63. The Morgan fingerprint density at radius 3 is 2.22 bits per heavy atom. The van der Waals surface area contributed by atoms with Gasteiger partial charge in [-0.05, 0) is 0 Å². The summed E-state index contributed by atoms with van der Waals surface area (Å²) in [6.07, 6.45) is -2.62. The maximum absolute atomic E-state index is 11.3. The van der Waals surface area contributed by atoms with Gasteiger partial charge in [-0.15, -0.1) is 0 Å². The first-order chi connectivity index (χ1) is 4.04. The molecule has 0 aliphatic carbocycles. The molecule has 0 aromatic carbocycles. The van der Waals surface area contributed by atoms with Crippen LogP contribution >= 0.6 is 0 Å². The molecule has 0 aliphatic heterocycles. The van der Waals surface area contributed by atoms with Crippen LogP contribution in [0.2, 0.25) is 0 Å². The van der Waals surface area contributed by atoms with Crippen LogP contribution in [0.5, 0.6) is 0 Å². The number of hydrogen-bond acceptors (Lipinski definition) is 2. The largest absolute Gasteiger partial charge is 0.478 e. The van der Waals surface area contributed by atoms with Gasteiger partial charge in [0, 0.05) is 6.08 Å². The van der Waals surface area contributed by atoms with Crippen LogP contribution in [0.25, 0.3) is 0 Å². The highest BCUT2D eigenvalue weighted by Crippen LogP contribution is 1.99. The number of carbonyl (C=O) groups is 1. The lowest BCUT2D eigenvalue weighted by Gasteiger charge is -1.93. The first-order valence-electron chi connectivity index (χ1n) is 2.02. The molecule has 0 aromatic rings. The molecule has 0 fully saturated rings. The summed E-state index contributed by atoms with van der Waals surface area (Å²) in [6, 6.07) is 0. The molecule has 3 N–H and O–H groups in total. The van der Waals surface area contributed by atoms with Crippen molar-refractivity contribution < 1.29 is 18.7 Å². The van der Waals surface area contributed by atoms with E-state index in [1.807, 2.05) is 0 Å². The lowest BCUT2D eigenvalue weighted by Crippen LogP contribution is -2.09. The second-order valence-corrected chi connectivity index (χ2v) is 1.28. The third kappa shape index (κ3) is 3.45. The van der Waals surface area contributed by atoms with Gasteiger partial charge in [-0.3, -0.25) is 0 Å². The molecule has 52 valence electrons. The van der Waals surface area contributed by atoms with E-state index in [4.69, 9.17) is 5.11 Å². The Morgan fingerprint density at radius 2 is 2.11 bits per heavy atom. The molecule has 0 rings (SSSR count). The van der Waals surface area contributed by atoms with E-state index in [1.54, 1.807) is 0 Å². The maximum atomic E-state index is 11.3. The quantitative estimate of drug-likeness (QED) is 0.533. The van der Waals surface area contributed by atoms with E-state index in [0.717, 1.165) is 0 Å². The van der Waals surface area contributed by atoms with Gasteiger partial charge in [0.2, 0.25) is 0 Å². The van der Waals surface area contributed by atoms with Gasteiger partial charge < -0.3 is 10.8 Å². The number of carboxylic acid groups (broad SMARTS) is 1. The lowest BCUT2D eigenvalue weighted by molar-refractivity contribution is -0.131. The second-order valence-electron chi connectivity index (χ2n) is 1.28. The number of hydrogen-bond donors (Lipinski definition) is 2. The molecule has 5 heteroatoms. The van der Waals surface area contributed by atoms with Crippen molar-refractivity contribution in [2.75, 3.05) is 0 Å². The van der Waals surface area contributed by atoms with Crippen LogP contribution in [0.15, 0.2) is 11.8 Å². The van der Waals surface area contributed by atoms with Gasteiger partial charge in [0.15, 0.2) is 0 Å². The van der Waals surface area contributed by atoms with Crippen molar-refractivity contribution in [3.05, 3.63) is 11.8 Å². The van der Waals surface area contributed by atoms with E-state index < -0.39 is 18.1 Å². The minimum absolute atomic E-state index is 0.269. The molecular formula is C4H5F2NO2. The number of aliphatic carboxylic acids is 1. The van der Waals surface area contributed by atoms with Gasteiger partial charge in [0.1, 0.15) is 0 Å². The van der Waals surface area contributed by atoms with Crippen molar-refractivity contribution in [1.29, 1.82) is 0 Å². The summed E-state index contributed by atoms with van der Waals surface area (Å²) in [5.74, 6) is -1.46. The summed E-state index contributed by atoms with van der Waals surface area (Å²) in [4.78, 5) is 9.62. The zero-order valence-corrected chi connectivity index (χ0v) is 4.34. The fraction of sp³-hybridized carbons (Fsp3) is 0.250. The molecule has 0 heterocycles. The normalized spacial score (nSPS) is 12.1. The number of alkyl halides is 2. The van der Waals surface area contributed by atoms with Crippen molar-refractivity contribution in [2.24, 2.45) is 5.73 Å². The van der Waals surface area contributed by atoms with Crippen LogP contribution < -0.4 is 5.73 Å². The first-order valence-corrected chi connectivity index (χ1v) is 2.02. The van der Waals surface area contributed by atoms with E-state index in [9.17, 15) is 13.6 Å². The Bertz CT molecular complexity index is 144. The second kappa shape index (κ2) is 3.01. The summed E-state index contributed by atoms with van der Waals surface area (Å²) in [5, 5.41) is 7.84.